The van der Waals surface area contributed by atoms with Gasteiger partial charge in [-0.15, -0.1) is 0 Å². The van der Waals surface area contributed by atoms with Gasteiger partial charge < -0.3 is 9.64 Å². The number of nitrogens with zero attached hydrogens (tertiary/aromatic N) is 3. The molecule has 234 valence electrons. The summed E-state index contributed by atoms with van der Waals surface area (Å²) in [6, 6.07) is 14.4. The molecule has 1 aliphatic heterocycles. The van der Waals surface area contributed by atoms with Gasteiger partial charge in [-0.1, -0.05) is 30.3 Å². The zero-order valence-electron chi connectivity index (χ0n) is 22.5. The molecule has 16 heteroatoms. The molecule has 0 N–H and O–H groups in total. The first-order valence-corrected chi connectivity index (χ1v) is 14.3. The summed E-state index contributed by atoms with van der Waals surface area (Å²) in [5.41, 5.74) is -4.18. The van der Waals surface area contributed by atoms with E-state index >= 15 is 0 Å². The number of anilines is 1. The summed E-state index contributed by atoms with van der Waals surface area (Å²) in [5.74, 6) is -3.63. The van der Waals surface area contributed by atoms with Crippen LogP contribution in [0.4, 0.5) is 36.8 Å². The third-order valence-corrected chi connectivity index (χ3v) is 8.41. The van der Waals surface area contributed by atoms with E-state index in [0.29, 0.717) is 39.1 Å². The van der Waals surface area contributed by atoms with Gasteiger partial charge in [-0.3, -0.25) is 9.78 Å². The number of amides is 3. The lowest BCUT2D eigenvalue weighted by molar-refractivity contribution is -0.189. The standard InChI is InChI=1S/C29H19F6N3O6S/c30-28(31,32)26(40)44-20-9-5-17(6-10-20)15-24-25(39)38(19-7-11-21(12-8-19)45(42,43)29(33,34)35)27(41)37(24)16-18-13-14-36-23-4-2-1-3-22(18)23/h1-14,24H,15-16H2/t24-/m1/s1. The lowest BCUT2D eigenvalue weighted by Gasteiger charge is -2.23. The lowest BCUT2D eigenvalue weighted by atomic mass is 10.0. The summed E-state index contributed by atoms with van der Waals surface area (Å²) < 4.78 is 105. The van der Waals surface area contributed by atoms with Crippen LogP contribution in [-0.4, -0.2) is 53.9 Å². The Hall–Kier alpha value is -4.99. The number of carbonyl (C=O) groups excluding carboxylic acids is 3. The molecule has 0 radical (unpaired) electrons. The van der Waals surface area contributed by atoms with Crippen molar-refractivity contribution in [3.63, 3.8) is 0 Å². The van der Waals surface area contributed by atoms with Gasteiger partial charge in [0.05, 0.1) is 16.1 Å². The number of pyridine rings is 1. The number of ether oxygens (including phenoxy) is 1. The molecule has 0 spiro atoms. The number of hydrogen-bond acceptors (Lipinski definition) is 7. The van der Waals surface area contributed by atoms with Gasteiger partial charge in [0.25, 0.3) is 15.7 Å². The van der Waals surface area contributed by atoms with Crippen molar-refractivity contribution in [1.29, 1.82) is 0 Å². The molecule has 0 aliphatic carbocycles. The van der Waals surface area contributed by atoms with Crippen molar-refractivity contribution in [1.82, 2.24) is 9.88 Å². The molecule has 1 fully saturated rings. The van der Waals surface area contributed by atoms with E-state index in [2.05, 4.69) is 9.72 Å². The summed E-state index contributed by atoms with van der Waals surface area (Å²) >= 11 is 0. The van der Waals surface area contributed by atoms with Gasteiger partial charge in [-0.2, -0.15) is 26.3 Å². The number of hydrogen-bond donors (Lipinski definition) is 0. The lowest BCUT2D eigenvalue weighted by Crippen LogP contribution is -2.36. The highest BCUT2D eigenvalue weighted by molar-refractivity contribution is 7.92. The maximum absolute atomic E-state index is 13.7. The Morgan fingerprint density at radius 1 is 0.867 bits per heavy atom. The largest absolute Gasteiger partial charge is 0.501 e. The molecule has 1 atom stereocenters. The van der Waals surface area contributed by atoms with E-state index < -0.39 is 56.1 Å². The number of esters is 1. The van der Waals surface area contributed by atoms with Crippen molar-refractivity contribution in [3.05, 3.63) is 96.2 Å². The van der Waals surface area contributed by atoms with Crippen LogP contribution in [-0.2, 0) is 32.4 Å². The van der Waals surface area contributed by atoms with Crippen LogP contribution in [0.5, 0.6) is 5.75 Å². The Morgan fingerprint density at radius 3 is 2.13 bits per heavy atom. The number of fused-ring (bicyclic) bond motifs is 1. The van der Waals surface area contributed by atoms with E-state index in [9.17, 15) is 49.1 Å². The quantitative estimate of drug-likeness (QED) is 0.111. The van der Waals surface area contributed by atoms with E-state index in [1.807, 2.05) is 0 Å². The number of halogens is 6. The average molecular weight is 652 g/mol. The zero-order chi connectivity index (χ0) is 32.7. The number of urea groups is 1. The fourth-order valence-corrected chi connectivity index (χ4v) is 5.48. The van der Waals surface area contributed by atoms with E-state index in [4.69, 9.17) is 0 Å². The molecule has 0 bridgehead atoms. The van der Waals surface area contributed by atoms with Crippen molar-refractivity contribution in [2.45, 2.75) is 35.6 Å². The number of rotatable bonds is 7. The first-order valence-electron chi connectivity index (χ1n) is 12.8. The molecule has 5 rings (SSSR count). The van der Waals surface area contributed by atoms with Crippen LogP contribution in [0.1, 0.15) is 11.1 Å². The SMILES string of the molecule is O=C1[C@@H](Cc2ccc(OC(=O)C(F)(F)F)cc2)N(Cc2ccnc3ccccc23)C(=O)N1c1ccc(S(=O)(=O)C(F)(F)F)cc1. The highest BCUT2D eigenvalue weighted by Crippen LogP contribution is 2.34. The van der Waals surface area contributed by atoms with Crippen molar-refractivity contribution < 1.29 is 53.9 Å². The molecule has 1 aromatic heterocycles. The second-order valence-electron chi connectivity index (χ2n) is 9.77. The van der Waals surface area contributed by atoms with Gasteiger partial charge >= 0.3 is 23.7 Å². The Balaban J connectivity index is 1.48. The monoisotopic (exact) mass is 651 g/mol. The number of para-hydroxylation sites is 1. The van der Waals surface area contributed by atoms with Crippen LogP contribution in [0.15, 0.2) is 90.0 Å². The molecule has 0 unspecified atom stereocenters. The summed E-state index contributed by atoms with van der Waals surface area (Å²) in [7, 11) is -5.69. The normalized spacial score (nSPS) is 16.0. The highest BCUT2D eigenvalue weighted by atomic mass is 32.2. The first kappa shape index (κ1) is 31.4. The summed E-state index contributed by atoms with van der Waals surface area (Å²) in [5, 5.41) is 0.676. The van der Waals surface area contributed by atoms with E-state index in [-0.39, 0.29) is 18.7 Å². The van der Waals surface area contributed by atoms with E-state index in [0.717, 1.165) is 24.3 Å². The van der Waals surface area contributed by atoms with Gasteiger partial charge in [-0.05, 0) is 59.7 Å². The number of alkyl halides is 6. The van der Waals surface area contributed by atoms with Crippen molar-refractivity contribution in [3.8, 4) is 5.75 Å². The average Bonchev–Trinajstić information content (AvgIpc) is 3.21. The van der Waals surface area contributed by atoms with Crippen molar-refractivity contribution in [2.24, 2.45) is 0 Å². The second-order valence-corrected chi connectivity index (χ2v) is 11.7. The molecular formula is C29H19F6N3O6S. The first-order chi connectivity index (χ1) is 21.1. The highest BCUT2D eigenvalue weighted by Gasteiger charge is 2.48. The molecule has 3 aromatic carbocycles. The number of imide groups is 1. The Labute approximate surface area is 250 Å². The molecule has 9 nitrogen and oxygen atoms in total. The van der Waals surface area contributed by atoms with Gasteiger partial charge in [-0.25, -0.2) is 22.9 Å². The molecule has 45 heavy (non-hydrogen) atoms. The smallest absolute Gasteiger partial charge is 0.420 e. The van der Waals surface area contributed by atoms with Crippen molar-refractivity contribution >= 4 is 44.3 Å². The summed E-state index contributed by atoms with van der Waals surface area (Å²) in [6.45, 7) is -0.114. The predicted molar refractivity (Wildman–Crippen MR) is 145 cm³/mol. The Bertz CT molecular complexity index is 1890. The molecule has 4 aromatic rings. The van der Waals surface area contributed by atoms with Gasteiger partial charge in [0, 0.05) is 24.5 Å². The number of benzene rings is 3. The Kier molecular flexibility index (Phi) is 8.03. The molecule has 1 aliphatic rings. The number of sulfone groups is 1. The third kappa shape index (κ3) is 6.18. The molecule has 1 saturated heterocycles. The minimum absolute atomic E-state index is 0.114. The molecule has 2 heterocycles. The fourth-order valence-electron chi connectivity index (χ4n) is 4.72. The maximum Gasteiger partial charge on any atom is 0.501 e. The molecule has 3 amide bonds. The topological polar surface area (TPSA) is 114 Å². The van der Waals surface area contributed by atoms with Gasteiger partial charge in [0.2, 0.25) is 0 Å². The van der Waals surface area contributed by atoms with Crippen molar-refractivity contribution in [2.75, 3.05) is 4.90 Å². The summed E-state index contributed by atoms with van der Waals surface area (Å²) in [6.07, 6.45) is -3.86. The maximum atomic E-state index is 13.7. The summed E-state index contributed by atoms with van der Waals surface area (Å²) in [4.78, 5) is 43.7. The number of carbonyl (C=O) groups is 3. The van der Waals surface area contributed by atoms with Crippen LogP contribution >= 0.6 is 0 Å². The van der Waals surface area contributed by atoms with Gasteiger partial charge in [0.15, 0.2) is 0 Å². The second kappa shape index (κ2) is 11.5. The zero-order valence-corrected chi connectivity index (χ0v) is 23.4. The van der Waals surface area contributed by atoms with E-state index in [1.165, 1.54) is 23.2 Å². The van der Waals surface area contributed by atoms with Crippen LogP contribution < -0.4 is 9.64 Å². The van der Waals surface area contributed by atoms with Gasteiger partial charge in [0.1, 0.15) is 11.8 Å². The minimum Gasteiger partial charge on any atom is -0.420 e. The van der Waals surface area contributed by atoms with Crippen LogP contribution in [0, 0.1) is 0 Å². The van der Waals surface area contributed by atoms with E-state index in [1.54, 1.807) is 30.3 Å². The van der Waals surface area contributed by atoms with Crippen LogP contribution in [0.3, 0.4) is 0 Å². The Morgan fingerprint density at radius 2 is 1.51 bits per heavy atom. The number of aromatic nitrogens is 1. The van der Waals surface area contributed by atoms with Crippen LogP contribution in [0.25, 0.3) is 10.9 Å². The minimum atomic E-state index is -5.69. The van der Waals surface area contributed by atoms with Crippen LogP contribution in [0.2, 0.25) is 0 Å². The third-order valence-electron chi connectivity index (χ3n) is 6.90. The fraction of sp³-hybridized carbons (Fsp3) is 0.172. The predicted octanol–water partition coefficient (Wildman–Crippen LogP) is 5.58. The molecular weight excluding hydrogens is 632 g/mol. The molecule has 0 saturated carbocycles.